The highest BCUT2D eigenvalue weighted by molar-refractivity contribution is 7.92. The zero-order chi connectivity index (χ0) is 14.2. The van der Waals surface area contributed by atoms with E-state index in [1.807, 2.05) is 0 Å². The molecular formula is C12H11N3O4S. The second kappa shape index (κ2) is 4.64. The maximum Gasteiger partial charge on any atom is 0.231 e. The van der Waals surface area contributed by atoms with Crippen LogP contribution in [0.15, 0.2) is 30.6 Å². The third-order valence-electron chi connectivity index (χ3n) is 2.63. The van der Waals surface area contributed by atoms with Gasteiger partial charge in [-0.3, -0.25) is 9.71 Å². The summed E-state index contributed by atoms with van der Waals surface area (Å²) in [5.74, 6) is 1.42. The van der Waals surface area contributed by atoms with Crippen LogP contribution in [0.3, 0.4) is 0 Å². The van der Waals surface area contributed by atoms with E-state index in [2.05, 4.69) is 14.7 Å². The third-order valence-corrected chi connectivity index (χ3v) is 3.19. The fourth-order valence-corrected chi connectivity index (χ4v) is 2.34. The zero-order valence-electron chi connectivity index (χ0n) is 10.5. The quantitative estimate of drug-likeness (QED) is 0.915. The lowest BCUT2D eigenvalue weighted by atomic mass is 10.1. The van der Waals surface area contributed by atoms with Crippen LogP contribution in [-0.2, 0) is 10.0 Å². The van der Waals surface area contributed by atoms with Crippen molar-refractivity contribution in [1.29, 1.82) is 0 Å². The zero-order valence-corrected chi connectivity index (χ0v) is 11.3. The SMILES string of the molecule is CS(=O)(=O)Nc1nccnc1-c1ccc2c(c1)OCO2. The van der Waals surface area contributed by atoms with Crippen LogP contribution in [0.2, 0.25) is 0 Å². The number of hydrogen-bond acceptors (Lipinski definition) is 6. The van der Waals surface area contributed by atoms with Crippen molar-refractivity contribution >= 4 is 15.8 Å². The van der Waals surface area contributed by atoms with Crippen molar-refractivity contribution in [2.24, 2.45) is 0 Å². The molecule has 0 aliphatic carbocycles. The maximum absolute atomic E-state index is 11.3. The highest BCUT2D eigenvalue weighted by atomic mass is 32.2. The molecule has 7 nitrogen and oxygen atoms in total. The van der Waals surface area contributed by atoms with Crippen molar-refractivity contribution in [3.63, 3.8) is 0 Å². The molecule has 0 spiro atoms. The molecule has 0 amide bonds. The van der Waals surface area contributed by atoms with Crippen molar-refractivity contribution in [1.82, 2.24) is 9.97 Å². The summed E-state index contributed by atoms with van der Waals surface area (Å²) >= 11 is 0. The lowest BCUT2D eigenvalue weighted by Gasteiger charge is -2.08. The van der Waals surface area contributed by atoms with Crippen molar-refractivity contribution in [2.75, 3.05) is 17.8 Å². The molecule has 1 aromatic carbocycles. The summed E-state index contributed by atoms with van der Waals surface area (Å²) in [6.07, 6.45) is 3.97. The van der Waals surface area contributed by atoms with Crippen molar-refractivity contribution < 1.29 is 17.9 Å². The number of nitrogens with one attached hydrogen (secondary N) is 1. The smallest absolute Gasteiger partial charge is 0.231 e. The molecule has 2 aromatic rings. The second-order valence-electron chi connectivity index (χ2n) is 4.20. The largest absolute Gasteiger partial charge is 0.454 e. The molecule has 0 saturated carbocycles. The fraction of sp³-hybridized carbons (Fsp3) is 0.167. The van der Waals surface area contributed by atoms with E-state index in [0.717, 1.165) is 6.26 Å². The Balaban J connectivity index is 2.06. The minimum Gasteiger partial charge on any atom is -0.454 e. The molecule has 1 aliphatic heterocycles. The number of benzene rings is 1. The van der Waals surface area contributed by atoms with Crippen molar-refractivity contribution in [3.8, 4) is 22.8 Å². The molecule has 0 fully saturated rings. The van der Waals surface area contributed by atoms with E-state index >= 15 is 0 Å². The molecule has 0 saturated heterocycles. The van der Waals surface area contributed by atoms with Crippen LogP contribution in [0.25, 0.3) is 11.3 Å². The molecule has 1 aromatic heterocycles. The Morgan fingerprint density at radius 2 is 1.90 bits per heavy atom. The number of rotatable bonds is 3. The Morgan fingerprint density at radius 1 is 1.15 bits per heavy atom. The fourth-order valence-electron chi connectivity index (χ4n) is 1.84. The number of fused-ring (bicyclic) bond motifs is 1. The highest BCUT2D eigenvalue weighted by Gasteiger charge is 2.17. The minimum absolute atomic E-state index is 0.174. The van der Waals surface area contributed by atoms with Crippen LogP contribution in [-0.4, -0.2) is 31.4 Å². The minimum atomic E-state index is -3.43. The van der Waals surface area contributed by atoms with E-state index in [1.54, 1.807) is 18.2 Å². The summed E-state index contributed by atoms with van der Waals surface area (Å²) in [7, 11) is -3.43. The van der Waals surface area contributed by atoms with Gasteiger partial charge < -0.3 is 9.47 Å². The highest BCUT2D eigenvalue weighted by Crippen LogP contribution is 2.36. The van der Waals surface area contributed by atoms with Crippen LogP contribution >= 0.6 is 0 Å². The van der Waals surface area contributed by atoms with Crippen molar-refractivity contribution in [3.05, 3.63) is 30.6 Å². The van der Waals surface area contributed by atoms with Gasteiger partial charge in [-0.05, 0) is 18.2 Å². The van der Waals surface area contributed by atoms with Crippen LogP contribution in [0.4, 0.5) is 5.82 Å². The summed E-state index contributed by atoms with van der Waals surface area (Å²) < 4.78 is 35.6. The van der Waals surface area contributed by atoms with Crippen LogP contribution in [0.5, 0.6) is 11.5 Å². The topological polar surface area (TPSA) is 90.4 Å². The number of aromatic nitrogens is 2. The van der Waals surface area contributed by atoms with Gasteiger partial charge in [0.2, 0.25) is 16.8 Å². The Kier molecular flexibility index (Phi) is 2.94. The predicted molar refractivity (Wildman–Crippen MR) is 72.1 cm³/mol. The van der Waals surface area contributed by atoms with Gasteiger partial charge in [0, 0.05) is 18.0 Å². The summed E-state index contributed by atoms with van der Waals surface area (Å²) in [6, 6.07) is 5.25. The molecule has 0 unspecified atom stereocenters. The normalized spacial score (nSPS) is 13.2. The molecule has 2 heterocycles. The average Bonchev–Trinajstić information content (AvgIpc) is 2.84. The predicted octanol–water partition coefficient (Wildman–Crippen LogP) is 1.24. The van der Waals surface area contributed by atoms with Gasteiger partial charge in [0.15, 0.2) is 17.3 Å². The third kappa shape index (κ3) is 2.50. The molecule has 104 valence electrons. The van der Waals surface area contributed by atoms with Gasteiger partial charge in [-0.2, -0.15) is 0 Å². The van der Waals surface area contributed by atoms with Crippen LogP contribution < -0.4 is 14.2 Å². The standard InChI is InChI=1S/C12H11N3O4S/c1-20(16,17)15-12-11(13-4-5-14-12)8-2-3-9-10(6-8)19-7-18-9/h2-6H,7H2,1H3,(H,14,15). The summed E-state index contributed by atoms with van der Waals surface area (Å²) in [4.78, 5) is 8.18. The summed E-state index contributed by atoms with van der Waals surface area (Å²) in [5, 5.41) is 0. The number of ether oxygens (including phenoxy) is 2. The van der Waals surface area contributed by atoms with E-state index in [1.165, 1.54) is 12.4 Å². The molecule has 1 aliphatic rings. The van der Waals surface area contributed by atoms with Gasteiger partial charge in [0.1, 0.15) is 5.69 Å². The Morgan fingerprint density at radius 3 is 2.70 bits per heavy atom. The molecule has 3 rings (SSSR count). The average molecular weight is 293 g/mol. The van der Waals surface area contributed by atoms with Gasteiger partial charge >= 0.3 is 0 Å². The first-order chi connectivity index (χ1) is 9.53. The summed E-state index contributed by atoms with van der Waals surface area (Å²) in [5.41, 5.74) is 1.12. The lowest BCUT2D eigenvalue weighted by molar-refractivity contribution is 0.174. The van der Waals surface area contributed by atoms with Gasteiger partial charge in [-0.15, -0.1) is 0 Å². The molecule has 0 bridgehead atoms. The number of hydrogen-bond donors (Lipinski definition) is 1. The number of anilines is 1. The first-order valence-electron chi connectivity index (χ1n) is 5.72. The lowest BCUT2D eigenvalue weighted by Crippen LogP contribution is -2.12. The molecule has 20 heavy (non-hydrogen) atoms. The van der Waals surface area contributed by atoms with E-state index in [9.17, 15) is 8.42 Å². The van der Waals surface area contributed by atoms with Gasteiger partial charge in [-0.1, -0.05) is 0 Å². The Bertz CT molecular complexity index is 761. The Labute approximate surface area is 115 Å². The first kappa shape index (κ1) is 12.7. The molecule has 1 N–H and O–H groups in total. The molecular weight excluding hydrogens is 282 g/mol. The summed E-state index contributed by atoms with van der Waals surface area (Å²) in [6.45, 7) is 0.174. The van der Waals surface area contributed by atoms with E-state index in [4.69, 9.17) is 9.47 Å². The maximum atomic E-state index is 11.3. The number of sulfonamides is 1. The van der Waals surface area contributed by atoms with Crippen LogP contribution in [0.1, 0.15) is 0 Å². The monoisotopic (exact) mass is 293 g/mol. The van der Waals surface area contributed by atoms with Crippen molar-refractivity contribution in [2.45, 2.75) is 0 Å². The molecule has 8 heteroatoms. The van der Waals surface area contributed by atoms with E-state index < -0.39 is 10.0 Å². The molecule has 0 radical (unpaired) electrons. The Hall–Kier alpha value is -2.35. The van der Waals surface area contributed by atoms with Gasteiger partial charge in [0.25, 0.3) is 0 Å². The van der Waals surface area contributed by atoms with Gasteiger partial charge in [-0.25, -0.2) is 13.4 Å². The van der Waals surface area contributed by atoms with E-state index in [0.29, 0.717) is 22.8 Å². The number of nitrogens with zero attached hydrogens (tertiary/aromatic N) is 2. The van der Waals surface area contributed by atoms with Crippen LogP contribution in [0, 0.1) is 0 Å². The van der Waals surface area contributed by atoms with Gasteiger partial charge in [0.05, 0.1) is 6.26 Å². The second-order valence-corrected chi connectivity index (χ2v) is 5.94. The van der Waals surface area contributed by atoms with E-state index in [-0.39, 0.29) is 12.6 Å². The molecule has 0 atom stereocenters. The first-order valence-corrected chi connectivity index (χ1v) is 7.61.